The van der Waals surface area contributed by atoms with Gasteiger partial charge in [0.15, 0.2) is 5.78 Å². The van der Waals surface area contributed by atoms with Gasteiger partial charge >= 0.3 is 6.09 Å². The van der Waals surface area contributed by atoms with Crippen LogP contribution in [0.4, 0.5) is 4.79 Å². The number of carbonyl (C=O) groups excluding carboxylic acids is 3. The molecule has 0 bridgehead atoms. The van der Waals surface area contributed by atoms with Gasteiger partial charge in [0.1, 0.15) is 12.1 Å². The van der Waals surface area contributed by atoms with Gasteiger partial charge in [0.2, 0.25) is 5.91 Å². The van der Waals surface area contributed by atoms with E-state index in [-0.39, 0.29) is 31.0 Å². The van der Waals surface area contributed by atoms with Crippen molar-refractivity contribution in [3.63, 3.8) is 0 Å². The summed E-state index contributed by atoms with van der Waals surface area (Å²) in [5.41, 5.74) is 9.68. The molecule has 2 aliphatic carbocycles. The van der Waals surface area contributed by atoms with Crippen molar-refractivity contribution in [1.82, 2.24) is 15.5 Å². The smallest absolute Gasteiger partial charge is 0.410 e. The highest BCUT2D eigenvalue weighted by Crippen LogP contribution is 2.39. The summed E-state index contributed by atoms with van der Waals surface area (Å²) in [6, 6.07) is 8.90. The van der Waals surface area contributed by atoms with Crippen molar-refractivity contribution in [1.29, 1.82) is 0 Å². The van der Waals surface area contributed by atoms with Crippen molar-refractivity contribution >= 4 is 17.8 Å². The zero-order valence-corrected chi connectivity index (χ0v) is 31.6. The van der Waals surface area contributed by atoms with E-state index in [2.05, 4.69) is 42.6 Å². The fraction of sp³-hybridized carbons (Fsp3) is 0.585. The molecule has 50 heavy (non-hydrogen) atoms. The zero-order valence-electron chi connectivity index (χ0n) is 31.6. The third-order valence-corrected chi connectivity index (χ3v) is 9.10. The highest BCUT2D eigenvalue weighted by Gasteiger charge is 2.35. The molecule has 1 aromatic rings. The number of hydrogen-bond donors (Lipinski definition) is 3. The van der Waals surface area contributed by atoms with E-state index in [4.69, 9.17) is 21.6 Å². The largest absolute Gasteiger partial charge is 0.445 e. The van der Waals surface area contributed by atoms with Crippen molar-refractivity contribution < 1.29 is 23.9 Å². The Morgan fingerprint density at radius 3 is 2.42 bits per heavy atom. The number of nitrogens with one attached hydrogen (secondary N) is 2. The van der Waals surface area contributed by atoms with Gasteiger partial charge in [-0.2, -0.15) is 0 Å². The molecular formula is C41H62N4O5. The standard InChI is InChI=1S/C22H31N3O3.C17H25NO2.C2H6/c1-5-13-24-14-17(2)11-12-20(26)19(25-21(27)22(3,4)23)16-28-15-18-9-7-6-8-10-18;1-12-7-9-18(10-8-12)17(19)20-16-11-14-5-3-4-6-15(14)13(16)2;1-2/h1,6-10,14,19,24H,11-13,15-16,23H2,2-4H3,(H,25,27);4,6,12-13,16H,3,5,7-11H2,1-2H3;1-2H3/b17-14+;;/t19-;13?,16-;/m10./s1. The molecule has 4 rings (SSSR count). The van der Waals surface area contributed by atoms with Crippen LogP contribution in [-0.4, -0.2) is 66.6 Å². The summed E-state index contributed by atoms with van der Waals surface area (Å²) in [6.45, 7) is 16.2. The fourth-order valence-electron chi connectivity index (χ4n) is 5.86. The maximum absolute atomic E-state index is 12.7. The second kappa shape index (κ2) is 22.1. The summed E-state index contributed by atoms with van der Waals surface area (Å²) in [5.74, 6) is 3.08. The molecule has 0 saturated carbocycles. The van der Waals surface area contributed by atoms with Gasteiger partial charge in [-0.3, -0.25) is 9.59 Å². The van der Waals surface area contributed by atoms with E-state index < -0.39 is 17.5 Å². The molecule has 1 aliphatic heterocycles. The molecule has 276 valence electrons. The van der Waals surface area contributed by atoms with Gasteiger partial charge in [0.05, 0.1) is 25.3 Å². The van der Waals surface area contributed by atoms with Crippen LogP contribution in [0.1, 0.15) is 99.0 Å². The minimum Gasteiger partial charge on any atom is -0.445 e. The van der Waals surface area contributed by atoms with Gasteiger partial charge < -0.3 is 30.7 Å². The minimum absolute atomic E-state index is 0.0506. The maximum Gasteiger partial charge on any atom is 0.410 e. The van der Waals surface area contributed by atoms with Crippen LogP contribution in [0, 0.1) is 24.2 Å². The van der Waals surface area contributed by atoms with E-state index in [1.807, 2.05) is 56.0 Å². The summed E-state index contributed by atoms with van der Waals surface area (Å²) < 4.78 is 11.5. The first kappa shape index (κ1) is 42.3. The number of allylic oxidation sites excluding steroid dienone is 3. The summed E-state index contributed by atoms with van der Waals surface area (Å²) in [6.07, 6.45) is 17.7. The predicted octanol–water partition coefficient (Wildman–Crippen LogP) is 6.84. The first-order valence-electron chi connectivity index (χ1n) is 18.3. The predicted molar refractivity (Wildman–Crippen MR) is 202 cm³/mol. The topological polar surface area (TPSA) is 123 Å². The number of Topliss-reactive ketones (excluding diaryl/α,β-unsaturated/α-hetero) is 1. The Morgan fingerprint density at radius 2 is 1.80 bits per heavy atom. The van der Waals surface area contributed by atoms with E-state index >= 15 is 0 Å². The molecule has 1 aromatic carbocycles. The number of terminal acetylenes is 1. The van der Waals surface area contributed by atoms with Crippen molar-refractivity contribution in [2.75, 3.05) is 26.2 Å². The van der Waals surface area contributed by atoms with Crippen LogP contribution in [-0.2, 0) is 25.7 Å². The number of nitrogens with zero attached hydrogens (tertiary/aromatic N) is 1. The molecule has 1 heterocycles. The van der Waals surface area contributed by atoms with E-state index in [0.29, 0.717) is 25.5 Å². The molecule has 2 amide bonds. The van der Waals surface area contributed by atoms with E-state index in [9.17, 15) is 14.4 Å². The van der Waals surface area contributed by atoms with Gasteiger partial charge in [-0.1, -0.05) is 87.2 Å². The van der Waals surface area contributed by atoms with Crippen LogP contribution in [0.5, 0.6) is 0 Å². The van der Waals surface area contributed by atoms with Gasteiger partial charge in [-0.25, -0.2) is 4.79 Å². The summed E-state index contributed by atoms with van der Waals surface area (Å²) in [4.78, 5) is 39.1. The monoisotopic (exact) mass is 690 g/mol. The molecule has 1 fully saturated rings. The fourth-order valence-corrected chi connectivity index (χ4v) is 5.86. The normalized spacial score (nSPS) is 19.5. The minimum atomic E-state index is -1.08. The van der Waals surface area contributed by atoms with Crippen LogP contribution >= 0.6 is 0 Å². The lowest BCUT2D eigenvalue weighted by Gasteiger charge is -2.31. The third kappa shape index (κ3) is 14.5. The van der Waals surface area contributed by atoms with Gasteiger partial charge in [0, 0.05) is 31.8 Å². The Labute approximate surface area is 301 Å². The highest BCUT2D eigenvalue weighted by molar-refractivity contribution is 5.92. The van der Waals surface area contributed by atoms with Crippen molar-refractivity contribution in [3.05, 3.63) is 71.0 Å². The number of likely N-dealkylation sites (tertiary alicyclic amines) is 1. The van der Waals surface area contributed by atoms with Gasteiger partial charge in [0.25, 0.3) is 0 Å². The Hall–Kier alpha value is -3.87. The summed E-state index contributed by atoms with van der Waals surface area (Å²) >= 11 is 0. The first-order valence-corrected chi connectivity index (χ1v) is 18.3. The number of rotatable bonds is 13. The van der Waals surface area contributed by atoms with E-state index in [1.54, 1.807) is 20.0 Å². The van der Waals surface area contributed by atoms with Gasteiger partial charge in [-0.05, 0) is 76.1 Å². The number of carbonyl (C=O) groups is 3. The lowest BCUT2D eigenvalue weighted by atomic mass is 9.96. The Bertz CT molecular complexity index is 1350. The summed E-state index contributed by atoms with van der Waals surface area (Å²) in [5, 5.41) is 5.69. The Morgan fingerprint density at radius 1 is 1.12 bits per heavy atom. The molecule has 4 N–H and O–H groups in total. The molecule has 0 radical (unpaired) electrons. The Balaban J connectivity index is 0.000000345. The SMILES string of the molecule is C#CCN/C=C(\C)CCC(=O)[C@@H](COCc1ccccc1)NC(=O)C(C)(C)N.CC.CC1CCN(C(=O)O[C@H]2CC3=C(C=CCC3)C2C)CC1. The summed E-state index contributed by atoms with van der Waals surface area (Å²) in [7, 11) is 0. The number of amides is 2. The second-order valence-corrected chi connectivity index (χ2v) is 13.9. The average Bonchev–Trinajstić information content (AvgIpc) is 3.42. The quantitative estimate of drug-likeness (QED) is 0.153. The molecule has 1 unspecified atom stereocenters. The van der Waals surface area contributed by atoms with Crippen molar-refractivity contribution in [2.24, 2.45) is 17.6 Å². The first-order chi connectivity index (χ1) is 23.9. The third-order valence-electron chi connectivity index (χ3n) is 9.10. The lowest BCUT2D eigenvalue weighted by Crippen LogP contribution is -2.55. The van der Waals surface area contributed by atoms with Crippen LogP contribution in [0.25, 0.3) is 0 Å². The lowest BCUT2D eigenvalue weighted by molar-refractivity contribution is -0.131. The van der Waals surface area contributed by atoms with E-state index in [0.717, 1.165) is 62.2 Å². The molecule has 0 aromatic heterocycles. The molecule has 9 heteroatoms. The Kier molecular flexibility index (Phi) is 18.7. The molecule has 3 atom stereocenters. The van der Waals surface area contributed by atoms with Gasteiger partial charge in [-0.15, -0.1) is 6.42 Å². The van der Waals surface area contributed by atoms with E-state index in [1.165, 1.54) is 11.1 Å². The number of benzene rings is 1. The molecule has 3 aliphatic rings. The zero-order chi connectivity index (χ0) is 37.1. The number of ketones is 1. The molecule has 0 spiro atoms. The van der Waals surface area contributed by atoms with Crippen LogP contribution in [0.2, 0.25) is 0 Å². The van der Waals surface area contributed by atoms with Crippen LogP contribution in [0.15, 0.2) is 65.4 Å². The van der Waals surface area contributed by atoms with Crippen LogP contribution in [0.3, 0.4) is 0 Å². The number of ether oxygens (including phenoxy) is 2. The van der Waals surface area contributed by atoms with Crippen molar-refractivity contribution in [3.8, 4) is 12.3 Å². The highest BCUT2D eigenvalue weighted by atomic mass is 16.6. The number of hydrogen-bond acceptors (Lipinski definition) is 7. The average molecular weight is 691 g/mol. The van der Waals surface area contributed by atoms with Crippen LogP contribution < -0.4 is 16.4 Å². The van der Waals surface area contributed by atoms with Crippen molar-refractivity contribution in [2.45, 2.75) is 118 Å². The maximum atomic E-state index is 12.7. The number of nitrogens with two attached hydrogens (primary N) is 1. The molecule has 1 saturated heterocycles. The molecular weight excluding hydrogens is 628 g/mol. The number of piperidine rings is 1. The molecule has 9 nitrogen and oxygen atoms in total. The second-order valence-electron chi connectivity index (χ2n) is 13.9.